The van der Waals surface area contributed by atoms with E-state index in [-0.39, 0.29) is 18.3 Å². The fourth-order valence-electron chi connectivity index (χ4n) is 4.94. The highest BCUT2D eigenvalue weighted by Gasteiger charge is 2.31. The SMILES string of the molecule is COc1ccc2nccc([C@H](O)CC[C@@H]3CCN(CCSc4cncnc4)C[C@@H]3CC(=O)O)c2c1. The molecule has 1 aliphatic rings. The first-order valence-electron chi connectivity index (χ1n) is 12.0. The molecule has 1 aromatic carbocycles. The Morgan fingerprint density at radius 2 is 2.09 bits per heavy atom. The molecule has 0 amide bonds. The van der Waals surface area contributed by atoms with Crippen molar-refractivity contribution in [1.82, 2.24) is 19.9 Å². The van der Waals surface area contributed by atoms with Crippen LogP contribution in [0.4, 0.5) is 0 Å². The molecule has 2 N–H and O–H groups in total. The molecule has 9 heteroatoms. The van der Waals surface area contributed by atoms with Gasteiger partial charge in [-0.3, -0.25) is 9.78 Å². The standard InChI is InChI=1S/C26H32N4O4S/c1-34-20-3-4-24-23(13-20)22(6-8-29-24)25(31)5-2-18-7-9-30(16-19(18)12-26(32)33)10-11-35-21-14-27-17-28-15-21/h3-4,6,8,13-15,17-19,25,31H,2,5,7,9-12,16H2,1H3,(H,32,33)/t18-,19+,25-/m1/s1. The smallest absolute Gasteiger partial charge is 0.303 e. The molecule has 0 saturated carbocycles. The number of pyridine rings is 1. The molecule has 1 fully saturated rings. The van der Waals surface area contributed by atoms with Crippen LogP contribution in [0.3, 0.4) is 0 Å². The van der Waals surface area contributed by atoms with Crippen molar-refractivity contribution in [3.8, 4) is 5.75 Å². The van der Waals surface area contributed by atoms with Crippen LogP contribution in [0, 0.1) is 11.8 Å². The number of piperidine rings is 1. The van der Waals surface area contributed by atoms with E-state index in [0.717, 1.165) is 65.3 Å². The number of hydrogen-bond acceptors (Lipinski definition) is 8. The molecule has 0 radical (unpaired) electrons. The van der Waals surface area contributed by atoms with Crippen molar-refractivity contribution in [2.75, 3.05) is 32.5 Å². The van der Waals surface area contributed by atoms with Crippen LogP contribution in [0.5, 0.6) is 5.75 Å². The zero-order chi connectivity index (χ0) is 24.6. The Hall–Kier alpha value is -2.75. The molecule has 8 nitrogen and oxygen atoms in total. The molecule has 35 heavy (non-hydrogen) atoms. The molecule has 186 valence electrons. The summed E-state index contributed by atoms with van der Waals surface area (Å²) in [4.78, 5) is 27.5. The third kappa shape index (κ3) is 6.90. The summed E-state index contributed by atoms with van der Waals surface area (Å²) in [6.07, 6.45) is 8.70. The van der Waals surface area contributed by atoms with Gasteiger partial charge in [0.1, 0.15) is 12.1 Å². The molecule has 3 atom stereocenters. The number of fused-ring (bicyclic) bond motifs is 1. The number of aliphatic hydroxyl groups is 1. The highest BCUT2D eigenvalue weighted by Crippen LogP contribution is 2.35. The summed E-state index contributed by atoms with van der Waals surface area (Å²) in [7, 11) is 1.62. The minimum absolute atomic E-state index is 0.0767. The van der Waals surface area contributed by atoms with Crippen LogP contribution in [0.25, 0.3) is 10.9 Å². The summed E-state index contributed by atoms with van der Waals surface area (Å²) >= 11 is 1.72. The number of aliphatic carboxylic acids is 1. The van der Waals surface area contributed by atoms with Crippen molar-refractivity contribution >= 4 is 28.6 Å². The lowest BCUT2D eigenvalue weighted by atomic mass is 9.79. The quantitative estimate of drug-likeness (QED) is 0.380. The normalized spacial score (nSPS) is 19.5. The molecule has 4 rings (SSSR count). The number of aromatic nitrogens is 3. The number of aliphatic hydroxyl groups excluding tert-OH is 1. The largest absolute Gasteiger partial charge is 0.497 e. The topological polar surface area (TPSA) is 109 Å². The van der Waals surface area contributed by atoms with Gasteiger partial charge in [-0.15, -0.1) is 11.8 Å². The third-order valence-electron chi connectivity index (χ3n) is 6.78. The lowest BCUT2D eigenvalue weighted by Crippen LogP contribution is -2.42. The van der Waals surface area contributed by atoms with Crippen LogP contribution < -0.4 is 4.74 Å². The van der Waals surface area contributed by atoms with Gasteiger partial charge >= 0.3 is 5.97 Å². The van der Waals surface area contributed by atoms with Crippen LogP contribution in [-0.4, -0.2) is 68.5 Å². The number of likely N-dealkylation sites (tertiary alicyclic amines) is 1. The molecular formula is C26H32N4O4S. The zero-order valence-corrected chi connectivity index (χ0v) is 20.7. The van der Waals surface area contributed by atoms with Crippen LogP contribution in [0.15, 0.2) is 54.1 Å². The van der Waals surface area contributed by atoms with E-state index in [1.807, 2.05) is 36.7 Å². The minimum atomic E-state index is -0.759. The Kier molecular flexibility index (Phi) is 8.90. The first-order chi connectivity index (χ1) is 17.0. The number of thioether (sulfide) groups is 1. The van der Waals surface area contributed by atoms with Crippen molar-refractivity contribution in [3.63, 3.8) is 0 Å². The molecule has 0 unspecified atom stereocenters. The Balaban J connectivity index is 1.35. The maximum Gasteiger partial charge on any atom is 0.303 e. The number of hydrogen-bond donors (Lipinski definition) is 2. The van der Waals surface area contributed by atoms with E-state index in [1.165, 1.54) is 6.33 Å². The van der Waals surface area contributed by atoms with Gasteiger partial charge in [-0.2, -0.15) is 0 Å². The van der Waals surface area contributed by atoms with E-state index in [4.69, 9.17) is 4.74 Å². The van der Waals surface area contributed by atoms with Gasteiger partial charge in [0.15, 0.2) is 0 Å². The summed E-state index contributed by atoms with van der Waals surface area (Å²) in [5.74, 6) is 1.23. The second-order valence-electron chi connectivity index (χ2n) is 9.01. The molecule has 2 aromatic heterocycles. The summed E-state index contributed by atoms with van der Waals surface area (Å²) in [5, 5.41) is 21.4. The predicted octanol–water partition coefficient (Wildman–Crippen LogP) is 4.05. The average molecular weight is 497 g/mol. The number of ether oxygens (including phenoxy) is 1. The number of carbonyl (C=O) groups is 1. The van der Waals surface area contributed by atoms with Gasteiger partial charge in [0.25, 0.3) is 0 Å². The van der Waals surface area contributed by atoms with Crippen molar-refractivity contribution in [2.24, 2.45) is 11.8 Å². The number of rotatable bonds is 11. The number of methoxy groups -OCH3 is 1. The van der Waals surface area contributed by atoms with E-state index in [2.05, 4.69) is 19.9 Å². The maximum atomic E-state index is 11.6. The van der Waals surface area contributed by atoms with Crippen LogP contribution >= 0.6 is 11.8 Å². The lowest BCUT2D eigenvalue weighted by Gasteiger charge is -2.38. The van der Waals surface area contributed by atoms with Gasteiger partial charge < -0.3 is 19.8 Å². The summed E-state index contributed by atoms with van der Waals surface area (Å²) in [6.45, 7) is 2.61. The monoisotopic (exact) mass is 496 g/mol. The van der Waals surface area contributed by atoms with E-state index in [1.54, 1.807) is 25.1 Å². The predicted molar refractivity (Wildman–Crippen MR) is 136 cm³/mol. The Morgan fingerprint density at radius 3 is 2.86 bits per heavy atom. The number of benzene rings is 1. The second-order valence-corrected chi connectivity index (χ2v) is 10.2. The third-order valence-corrected chi connectivity index (χ3v) is 7.71. The van der Waals surface area contributed by atoms with Gasteiger partial charge in [0.05, 0.1) is 18.7 Å². The van der Waals surface area contributed by atoms with Crippen molar-refractivity contribution < 1.29 is 19.7 Å². The van der Waals surface area contributed by atoms with Crippen LogP contribution in [0.1, 0.15) is 37.4 Å². The van der Waals surface area contributed by atoms with Gasteiger partial charge in [0, 0.05) is 54.1 Å². The number of nitrogens with zero attached hydrogens (tertiary/aromatic N) is 4. The lowest BCUT2D eigenvalue weighted by molar-refractivity contribution is -0.139. The van der Waals surface area contributed by atoms with E-state index in [9.17, 15) is 15.0 Å². The minimum Gasteiger partial charge on any atom is -0.497 e. The van der Waals surface area contributed by atoms with Gasteiger partial charge in [-0.25, -0.2) is 9.97 Å². The summed E-state index contributed by atoms with van der Waals surface area (Å²) < 4.78 is 5.35. The molecule has 1 saturated heterocycles. The fourth-order valence-corrected chi connectivity index (χ4v) is 5.79. The molecule has 3 aromatic rings. The highest BCUT2D eigenvalue weighted by molar-refractivity contribution is 7.99. The number of carboxylic acid groups (broad SMARTS) is 1. The van der Waals surface area contributed by atoms with Crippen LogP contribution in [-0.2, 0) is 4.79 Å². The van der Waals surface area contributed by atoms with Crippen molar-refractivity contribution in [3.05, 3.63) is 54.7 Å². The molecule has 1 aliphatic heterocycles. The molecule has 0 bridgehead atoms. The molecule has 0 spiro atoms. The zero-order valence-electron chi connectivity index (χ0n) is 19.9. The van der Waals surface area contributed by atoms with Gasteiger partial charge in [-0.05, 0) is 67.5 Å². The van der Waals surface area contributed by atoms with E-state index >= 15 is 0 Å². The Labute approximate surface area is 209 Å². The van der Waals surface area contributed by atoms with E-state index < -0.39 is 12.1 Å². The Morgan fingerprint density at radius 1 is 1.26 bits per heavy atom. The van der Waals surface area contributed by atoms with Gasteiger partial charge in [0.2, 0.25) is 0 Å². The Bertz CT molecular complexity index is 1120. The molecule has 0 aliphatic carbocycles. The van der Waals surface area contributed by atoms with Crippen molar-refractivity contribution in [2.45, 2.75) is 36.7 Å². The first kappa shape index (κ1) is 25.3. The van der Waals surface area contributed by atoms with E-state index in [0.29, 0.717) is 6.42 Å². The number of carboxylic acids is 1. The maximum absolute atomic E-state index is 11.6. The average Bonchev–Trinajstić information content (AvgIpc) is 2.87. The first-order valence-corrected chi connectivity index (χ1v) is 12.9. The van der Waals surface area contributed by atoms with Crippen molar-refractivity contribution in [1.29, 1.82) is 0 Å². The summed E-state index contributed by atoms with van der Waals surface area (Å²) in [5.41, 5.74) is 1.65. The second kappa shape index (κ2) is 12.3. The fraction of sp³-hybridized carbons (Fsp3) is 0.462. The summed E-state index contributed by atoms with van der Waals surface area (Å²) in [6, 6.07) is 7.53. The van der Waals surface area contributed by atoms with Crippen LogP contribution in [0.2, 0.25) is 0 Å². The molecule has 3 heterocycles. The molecular weight excluding hydrogens is 464 g/mol. The highest BCUT2D eigenvalue weighted by atomic mass is 32.2. The van der Waals surface area contributed by atoms with Gasteiger partial charge in [-0.1, -0.05) is 0 Å².